The van der Waals surface area contributed by atoms with Crippen LogP contribution in [0.1, 0.15) is 68.8 Å². The first-order valence-corrected chi connectivity index (χ1v) is 8.74. The van der Waals surface area contributed by atoms with Gasteiger partial charge in [-0.1, -0.05) is 45.9 Å². The topological polar surface area (TPSA) is 24.9 Å². The minimum absolute atomic E-state index is 0.510. The van der Waals surface area contributed by atoms with Crippen LogP contribution < -0.4 is 5.32 Å². The molecule has 0 saturated heterocycles. The summed E-state index contributed by atoms with van der Waals surface area (Å²) in [5.41, 5.74) is 6.99. The molecule has 1 aliphatic carbocycles. The Kier molecular flexibility index (Phi) is 4.49. The molecule has 22 heavy (non-hydrogen) atoms. The van der Waals surface area contributed by atoms with E-state index in [2.05, 4.69) is 51.2 Å². The largest absolute Gasteiger partial charge is 0.310 e. The molecule has 1 aromatic carbocycles. The van der Waals surface area contributed by atoms with Gasteiger partial charge in [-0.2, -0.15) is 0 Å². The first-order chi connectivity index (χ1) is 10.6. The molecule has 118 valence electrons. The van der Waals surface area contributed by atoms with Gasteiger partial charge in [0.05, 0.1) is 5.52 Å². The fourth-order valence-electron chi connectivity index (χ4n) is 3.54. The second kappa shape index (κ2) is 6.37. The predicted molar refractivity (Wildman–Crippen MR) is 94.4 cm³/mol. The average molecular weight is 296 g/mol. The lowest BCUT2D eigenvalue weighted by Gasteiger charge is -2.23. The number of hydrogen-bond donors (Lipinski definition) is 1. The normalized spacial score (nSPS) is 14.8. The van der Waals surface area contributed by atoms with E-state index in [1.165, 1.54) is 52.5 Å². The van der Waals surface area contributed by atoms with Gasteiger partial charge in [0.15, 0.2) is 0 Å². The zero-order chi connectivity index (χ0) is 15.7. The third kappa shape index (κ3) is 2.89. The lowest BCUT2D eigenvalue weighted by atomic mass is 9.88. The van der Waals surface area contributed by atoms with Gasteiger partial charge >= 0.3 is 0 Å². The molecule has 1 heterocycles. The smallest absolute Gasteiger partial charge is 0.0743 e. The van der Waals surface area contributed by atoms with E-state index >= 15 is 0 Å². The molecule has 2 aromatic rings. The summed E-state index contributed by atoms with van der Waals surface area (Å²) in [5.74, 6) is 0.517. The third-order valence-corrected chi connectivity index (χ3v) is 4.75. The quantitative estimate of drug-likeness (QED) is 0.882. The fourth-order valence-corrected chi connectivity index (χ4v) is 3.54. The van der Waals surface area contributed by atoms with Crippen molar-refractivity contribution in [1.82, 2.24) is 10.3 Å². The Morgan fingerprint density at radius 2 is 1.86 bits per heavy atom. The van der Waals surface area contributed by atoms with Crippen LogP contribution in [-0.2, 0) is 19.4 Å². The third-order valence-electron chi connectivity index (χ3n) is 4.75. The van der Waals surface area contributed by atoms with Crippen LogP contribution in [0.25, 0.3) is 10.9 Å². The molecule has 0 amide bonds. The highest BCUT2D eigenvalue weighted by Crippen LogP contribution is 2.32. The van der Waals surface area contributed by atoms with Crippen LogP contribution >= 0.6 is 0 Å². The number of nitrogens with zero attached hydrogens (tertiary/aromatic N) is 1. The Labute approximate surface area is 134 Å². The van der Waals surface area contributed by atoms with E-state index in [0.29, 0.717) is 12.0 Å². The second-order valence-corrected chi connectivity index (χ2v) is 7.16. The van der Waals surface area contributed by atoms with Gasteiger partial charge in [-0.3, -0.25) is 4.98 Å². The van der Waals surface area contributed by atoms with Crippen LogP contribution in [0.5, 0.6) is 0 Å². The van der Waals surface area contributed by atoms with Crippen molar-refractivity contribution in [2.75, 3.05) is 0 Å². The first-order valence-electron chi connectivity index (χ1n) is 8.74. The zero-order valence-electron chi connectivity index (χ0n) is 14.4. The van der Waals surface area contributed by atoms with Crippen LogP contribution in [-0.4, -0.2) is 11.0 Å². The fraction of sp³-hybridized carbons (Fsp3) is 0.550. The van der Waals surface area contributed by atoms with Crippen LogP contribution in [0.15, 0.2) is 18.2 Å². The van der Waals surface area contributed by atoms with Crippen molar-refractivity contribution >= 4 is 10.9 Å². The van der Waals surface area contributed by atoms with Crippen molar-refractivity contribution in [3.05, 3.63) is 40.6 Å². The van der Waals surface area contributed by atoms with Gasteiger partial charge in [0.1, 0.15) is 0 Å². The van der Waals surface area contributed by atoms with Gasteiger partial charge in [-0.15, -0.1) is 0 Å². The molecular weight excluding hydrogens is 268 g/mol. The minimum Gasteiger partial charge on any atom is -0.310 e. The summed E-state index contributed by atoms with van der Waals surface area (Å²) >= 11 is 0. The number of hydrogen-bond acceptors (Lipinski definition) is 2. The van der Waals surface area contributed by atoms with Crippen molar-refractivity contribution in [3.8, 4) is 0 Å². The van der Waals surface area contributed by atoms with Gasteiger partial charge in [-0.25, -0.2) is 0 Å². The van der Waals surface area contributed by atoms with Crippen LogP contribution in [0, 0.1) is 0 Å². The highest BCUT2D eigenvalue weighted by Gasteiger charge is 2.19. The average Bonchev–Trinajstić information content (AvgIpc) is 2.50. The van der Waals surface area contributed by atoms with Gasteiger partial charge < -0.3 is 5.32 Å². The Morgan fingerprint density at radius 1 is 1.09 bits per heavy atom. The molecule has 1 aliphatic rings. The van der Waals surface area contributed by atoms with Crippen molar-refractivity contribution in [1.29, 1.82) is 0 Å². The molecule has 3 rings (SSSR count). The second-order valence-electron chi connectivity index (χ2n) is 7.16. The Hall–Kier alpha value is -1.41. The Morgan fingerprint density at radius 3 is 2.59 bits per heavy atom. The lowest BCUT2D eigenvalue weighted by Crippen LogP contribution is -2.24. The molecule has 0 saturated carbocycles. The van der Waals surface area contributed by atoms with Crippen LogP contribution in [0.4, 0.5) is 0 Å². The molecule has 0 bridgehead atoms. The summed E-state index contributed by atoms with van der Waals surface area (Å²) in [7, 11) is 0. The summed E-state index contributed by atoms with van der Waals surface area (Å²) in [6.45, 7) is 9.93. The van der Waals surface area contributed by atoms with E-state index in [0.717, 1.165) is 13.0 Å². The molecule has 0 fully saturated rings. The molecule has 2 nitrogen and oxygen atoms in total. The zero-order valence-corrected chi connectivity index (χ0v) is 14.4. The first kappa shape index (κ1) is 15.5. The van der Waals surface area contributed by atoms with E-state index in [4.69, 9.17) is 4.98 Å². The number of aromatic nitrogens is 1. The maximum Gasteiger partial charge on any atom is 0.0743 e. The number of pyridine rings is 1. The summed E-state index contributed by atoms with van der Waals surface area (Å²) in [4.78, 5) is 5.10. The molecule has 0 spiro atoms. The number of rotatable bonds is 4. The minimum atomic E-state index is 0.510. The van der Waals surface area contributed by atoms with E-state index < -0.39 is 0 Å². The summed E-state index contributed by atoms with van der Waals surface area (Å²) in [6.07, 6.45) is 4.93. The standard InChI is InChI=1S/C20H28N2/c1-13(2)15-9-7-10-17-18(12-21-14(3)4)16-8-5-6-11-19(16)22-20(15)17/h7,9-10,13-14,21H,5-6,8,11-12H2,1-4H3. The Bertz CT molecular complexity index is 671. The maximum atomic E-state index is 5.10. The van der Waals surface area contributed by atoms with Crippen LogP contribution in [0.2, 0.25) is 0 Å². The highest BCUT2D eigenvalue weighted by molar-refractivity contribution is 5.87. The van der Waals surface area contributed by atoms with Crippen molar-refractivity contribution in [3.63, 3.8) is 0 Å². The number of benzene rings is 1. The molecule has 1 N–H and O–H groups in total. The number of para-hydroxylation sites is 1. The van der Waals surface area contributed by atoms with Crippen molar-refractivity contribution < 1.29 is 0 Å². The Balaban J connectivity index is 2.21. The van der Waals surface area contributed by atoms with Crippen molar-refractivity contribution in [2.24, 2.45) is 0 Å². The van der Waals surface area contributed by atoms with Crippen molar-refractivity contribution in [2.45, 2.75) is 71.9 Å². The molecule has 0 unspecified atom stereocenters. The van der Waals surface area contributed by atoms with E-state index in [9.17, 15) is 0 Å². The molecule has 2 heteroatoms. The predicted octanol–water partition coefficient (Wildman–Crippen LogP) is 4.74. The summed E-state index contributed by atoms with van der Waals surface area (Å²) in [5, 5.41) is 4.99. The van der Waals surface area contributed by atoms with Gasteiger partial charge in [0, 0.05) is 23.7 Å². The number of fused-ring (bicyclic) bond motifs is 2. The molecule has 1 aromatic heterocycles. The summed E-state index contributed by atoms with van der Waals surface area (Å²) < 4.78 is 0. The lowest BCUT2D eigenvalue weighted by molar-refractivity contribution is 0.581. The van der Waals surface area contributed by atoms with Gasteiger partial charge in [0.25, 0.3) is 0 Å². The molecule has 0 aliphatic heterocycles. The SMILES string of the molecule is CC(C)NCc1c2c(nc3c(C(C)C)cccc13)CCCC2. The van der Waals surface area contributed by atoms with E-state index in [1.54, 1.807) is 0 Å². The monoisotopic (exact) mass is 296 g/mol. The van der Waals surface area contributed by atoms with Gasteiger partial charge in [-0.05, 0) is 48.3 Å². The highest BCUT2D eigenvalue weighted by atomic mass is 14.9. The molecular formula is C20H28N2. The number of nitrogens with one attached hydrogen (secondary N) is 1. The van der Waals surface area contributed by atoms with Crippen LogP contribution in [0.3, 0.4) is 0 Å². The molecule has 0 radical (unpaired) electrons. The molecule has 0 atom stereocenters. The summed E-state index contributed by atoms with van der Waals surface area (Å²) in [6, 6.07) is 7.22. The maximum absolute atomic E-state index is 5.10. The van der Waals surface area contributed by atoms with E-state index in [-0.39, 0.29) is 0 Å². The number of aryl methyl sites for hydroxylation is 1. The van der Waals surface area contributed by atoms with Gasteiger partial charge in [0.2, 0.25) is 0 Å². The van der Waals surface area contributed by atoms with E-state index in [1.807, 2.05) is 0 Å².